The second-order valence-electron chi connectivity index (χ2n) is 3.13. The maximum atomic E-state index is 12.9. The fourth-order valence-electron chi connectivity index (χ4n) is 1.28. The molecule has 0 atom stereocenters. The molecule has 0 bridgehead atoms. The van der Waals surface area contributed by atoms with Crippen LogP contribution in [0, 0.1) is 5.82 Å². The van der Waals surface area contributed by atoms with Gasteiger partial charge in [0, 0.05) is 12.3 Å². The summed E-state index contributed by atoms with van der Waals surface area (Å²) in [6.45, 7) is 0. The molecule has 0 unspecified atom stereocenters. The van der Waals surface area contributed by atoms with Crippen LogP contribution < -0.4 is 5.56 Å². The number of carboxylic acids is 1. The van der Waals surface area contributed by atoms with Crippen LogP contribution in [-0.4, -0.2) is 25.8 Å². The molecule has 6 nitrogen and oxygen atoms in total. The van der Waals surface area contributed by atoms with Crippen LogP contribution in [0.15, 0.2) is 35.5 Å². The fourth-order valence-corrected chi connectivity index (χ4v) is 1.28. The number of carbonyl (C=O) groups is 1. The third-order valence-corrected chi connectivity index (χ3v) is 2.01. The van der Waals surface area contributed by atoms with Crippen LogP contribution >= 0.6 is 0 Å². The van der Waals surface area contributed by atoms with Crippen LogP contribution in [0.4, 0.5) is 4.39 Å². The summed E-state index contributed by atoms with van der Waals surface area (Å²) < 4.78 is 13.7. The third kappa shape index (κ3) is 2.03. The number of aromatic nitrogens is 3. The van der Waals surface area contributed by atoms with Crippen LogP contribution in [-0.2, 0) is 0 Å². The molecule has 0 fully saturated rings. The third-order valence-electron chi connectivity index (χ3n) is 2.01. The second kappa shape index (κ2) is 4.12. The predicted octanol–water partition coefficient (Wildman–Crippen LogP) is 0.465. The van der Waals surface area contributed by atoms with Gasteiger partial charge in [0.05, 0.1) is 18.1 Å². The Morgan fingerprint density at radius 1 is 1.41 bits per heavy atom. The number of rotatable bonds is 2. The largest absolute Gasteiger partial charge is 0.477 e. The topological polar surface area (TPSA) is 85.1 Å². The molecule has 0 amide bonds. The lowest BCUT2D eigenvalue weighted by molar-refractivity contribution is 0.0694. The number of pyridine rings is 1. The zero-order valence-corrected chi connectivity index (χ0v) is 8.37. The van der Waals surface area contributed by atoms with Crippen molar-refractivity contribution in [3.05, 3.63) is 52.5 Å². The summed E-state index contributed by atoms with van der Waals surface area (Å²) in [6.07, 6.45) is 3.33. The van der Waals surface area contributed by atoms with Crippen molar-refractivity contribution in [3.8, 4) is 5.69 Å². The minimum atomic E-state index is -1.37. The first-order valence-corrected chi connectivity index (χ1v) is 4.52. The Labute approximate surface area is 94.0 Å². The van der Waals surface area contributed by atoms with E-state index in [1.165, 1.54) is 6.20 Å². The first kappa shape index (κ1) is 10.9. The number of aromatic carboxylic acids is 1. The van der Waals surface area contributed by atoms with Gasteiger partial charge in [-0.05, 0) is 6.07 Å². The molecule has 0 aliphatic carbocycles. The lowest BCUT2D eigenvalue weighted by Gasteiger charge is -2.03. The summed E-state index contributed by atoms with van der Waals surface area (Å²) in [5.41, 5.74) is -1.21. The average molecular weight is 235 g/mol. The van der Waals surface area contributed by atoms with Crippen LogP contribution in [0.2, 0.25) is 0 Å². The van der Waals surface area contributed by atoms with E-state index in [9.17, 15) is 14.0 Å². The summed E-state index contributed by atoms with van der Waals surface area (Å²) in [4.78, 5) is 26.0. The zero-order valence-electron chi connectivity index (χ0n) is 8.37. The molecule has 0 radical (unpaired) electrons. The van der Waals surface area contributed by atoms with Crippen LogP contribution in [0.1, 0.15) is 10.4 Å². The van der Waals surface area contributed by atoms with E-state index in [-0.39, 0.29) is 5.69 Å². The number of hydrogen-bond donors (Lipinski definition) is 1. The molecule has 2 heterocycles. The van der Waals surface area contributed by atoms with Gasteiger partial charge < -0.3 is 5.11 Å². The minimum absolute atomic E-state index is 0.0677. The molecule has 0 spiro atoms. The van der Waals surface area contributed by atoms with Gasteiger partial charge in [-0.2, -0.15) is 9.78 Å². The van der Waals surface area contributed by atoms with Crippen LogP contribution in [0.5, 0.6) is 0 Å². The van der Waals surface area contributed by atoms with Crippen molar-refractivity contribution >= 4 is 5.97 Å². The number of nitrogens with zero attached hydrogens (tertiary/aromatic N) is 3. The number of halogens is 1. The van der Waals surface area contributed by atoms with Gasteiger partial charge in [-0.3, -0.25) is 9.78 Å². The lowest BCUT2D eigenvalue weighted by Crippen LogP contribution is -2.26. The van der Waals surface area contributed by atoms with Crippen molar-refractivity contribution in [1.82, 2.24) is 14.8 Å². The highest BCUT2D eigenvalue weighted by Crippen LogP contribution is 2.04. The van der Waals surface area contributed by atoms with Gasteiger partial charge >= 0.3 is 5.97 Å². The summed E-state index contributed by atoms with van der Waals surface area (Å²) >= 11 is 0. The molecule has 1 N–H and O–H groups in total. The Hall–Kier alpha value is -2.57. The average Bonchev–Trinajstić information content (AvgIpc) is 2.29. The van der Waals surface area contributed by atoms with E-state index in [1.54, 1.807) is 0 Å². The first-order chi connectivity index (χ1) is 8.09. The molecule has 7 heteroatoms. The highest BCUT2D eigenvalue weighted by atomic mass is 19.1. The van der Waals surface area contributed by atoms with Gasteiger partial charge in [-0.1, -0.05) is 0 Å². The Kier molecular flexibility index (Phi) is 2.65. The summed E-state index contributed by atoms with van der Waals surface area (Å²) in [5, 5.41) is 12.4. The first-order valence-electron chi connectivity index (χ1n) is 4.52. The van der Waals surface area contributed by atoms with Gasteiger partial charge in [0.15, 0.2) is 0 Å². The van der Waals surface area contributed by atoms with Crippen molar-refractivity contribution in [2.45, 2.75) is 0 Å². The molecule has 0 aliphatic rings. The highest BCUT2D eigenvalue weighted by molar-refractivity contribution is 5.86. The van der Waals surface area contributed by atoms with Crippen molar-refractivity contribution < 1.29 is 14.3 Å². The minimum Gasteiger partial charge on any atom is -0.477 e. The monoisotopic (exact) mass is 235 g/mol. The molecule has 2 aromatic heterocycles. The van der Waals surface area contributed by atoms with Crippen LogP contribution in [0.3, 0.4) is 0 Å². The van der Waals surface area contributed by atoms with E-state index >= 15 is 0 Å². The van der Waals surface area contributed by atoms with Crippen molar-refractivity contribution in [1.29, 1.82) is 0 Å². The fraction of sp³-hybridized carbons (Fsp3) is 0. The molecular weight excluding hydrogens is 229 g/mol. The number of hydrogen-bond acceptors (Lipinski definition) is 4. The molecule has 2 aromatic rings. The van der Waals surface area contributed by atoms with Crippen molar-refractivity contribution in [2.24, 2.45) is 0 Å². The van der Waals surface area contributed by atoms with E-state index in [4.69, 9.17) is 5.11 Å². The quantitative estimate of drug-likeness (QED) is 0.817. The highest BCUT2D eigenvalue weighted by Gasteiger charge is 2.12. The van der Waals surface area contributed by atoms with Crippen LogP contribution in [0.25, 0.3) is 5.69 Å². The maximum absolute atomic E-state index is 12.9. The van der Waals surface area contributed by atoms with Gasteiger partial charge in [0.25, 0.3) is 5.56 Å². The SMILES string of the molecule is O=C(O)c1ccnn(-c2cncc(F)c2)c1=O. The smallest absolute Gasteiger partial charge is 0.341 e. The van der Waals surface area contributed by atoms with Gasteiger partial charge in [-0.25, -0.2) is 9.18 Å². The normalized spacial score (nSPS) is 10.2. The standard InChI is InChI=1S/C10H6FN3O3/c11-6-3-7(5-12-4-6)14-9(15)8(10(16)17)1-2-13-14/h1-5H,(H,16,17). The molecule has 17 heavy (non-hydrogen) atoms. The number of carboxylic acid groups (broad SMARTS) is 1. The molecular formula is C10H6FN3O3. The Morgan fingerprint density at radius 2 is 2.18 bits per heavy atom. The lowest BCUT2D eigenvalue weighted by atomic mass is 10.3. The van der Waals surface area contributed by atoms with E-state index in [0.717, 1.165) is 29.2 Å². The summed E-state index contributed by atoms with van der Waals surface area (Å²) in [5.74, 6) is -2.01. The molecule has 0 aromatic carbocycles. The Bertz CT molecular complexity index is 639. The summed E-state index contributed by atoms with van der Waals surface area (Å²) in [7, 11) is 0. The van der Waals surface area contributed by atoms with E-state index in [0.29, 0.717) is 0 Å². The molecule has 0 saturated heterocycles. The van der Waals surface area contributed by atoms with E-state index in [1.807, 2.05) is 0 Å². The molecule has 2 rings (SSSR count). The predicted molar refractivity (Wildman–Crippen MR) is 54.5 cm³/mol. The molecule has 0 saturated carbocycles. The second-order valence-corrected chi connectivity index (χ2v) is 3.13. The molecule has 0 aliphatic heterocycles. The zero-order chi connectivity index (χ0) is 12.4. The Morgan fingerprint density at radius 3 is 2.82 bits per heavy atom. The van der Waals surface area contributed by atoms with Crippen molar-refractivity contribution in [3.63, 3.8) is 0 Å². The van der Waals surface area contributed by atoms with Crippen molar-refractivity contribution in [2.75, 3.05) is 0 Å². The van der Waals surface area contributed by atoms with Gasteiger partial charge in [0.2, 0.25) is 0 Å². The van der Waals surface area contributed by atoms with Gasteiger partial charge in [0.1, 0.15) is 11.4 Å². The molecule has 86 valence electrons. The summed E-state index contributed by atoms with van der Waals surface area (Å²) in [6, 6.07) is 2.11. The van der Waals surface area contributed by atoms with E-state index < -0.39 is 22.9 Å². The maximum Gasteiger partial charge on any atom is 0.341 e. The Balaban J connectivity index is 2.65. The van der Waals surface area contributed by atoms with E-state index in [2.05, 4.69) is 10.1 Å². The van der Waals surface area contributed by atoms with Gasteiger partial charge in [-0.15, -0.1) is 0 Å².